The Labute approximate surface area is 114 Å². The molecule has 3 nitrogen and oxygen atoms in total. The van der Waals surface area contributed by atoms with Gasteiger partial charge < -0.3 is 15.3 Å². The van der Waals surface area contributed by atoms with Crippen molar-refractivity contribution >= 4 is 17.3 Å². The van der Waals surface area contributed by atoms with Crippen LogP contribution in [0.4, 0.5) is 5.69 Å². The van der Waals surface area contributed by atoms with Crippen LogP contribution in [0.2, 0.25) is 5.02 Å². The first kappa shape index (κ1) is 13.7. The molecule has 1 atom stereocenters. The van der Waals surface area contributed by atoms with E-state index in [0.29, 0.717) is 6.04 Å². The maximum absolute atomic E-state index is 9.08. The van der Waals surface area contributed by atoms with Gasteiger partial charge >= 0.3 is 0 Å². The lowest BCUT2D eigenvalue weighted by Gasteiger charge is -2.27. The Kier molecular flexibility index (Phi) is 4.87. The average molecular weight is 269 g/mol. The molecule has 1 aliphatic rings. The molecule has 0 amide bonds. The number of benzene rings is 1. The van der Waals surface area contributed by atoms with Gasteiger partial charge in [-0.2, -0.15) is 0 Å². The van der Waals surface area contributed by atoms with Crippen molar-refractivity contribution in [1.29, 1.82) is 0 Å². The van der Waals surface area contributed by atoms with Gasteiger partial charge in [0, 0.05) is 36.4 Å². The number of nitrogens with one attached hydrogen (secondary N) is 1. The van der Waals surface area contributed by atoms with Crippen molar-refractivity contribution in [3.05, 3.63) is 28.8 Å². The number of halogens is 1. The summed E-state index contributed by atoms with van der Waals surface area (Å²) in [6.07, 6.45) is 1.94. The largest absolute Gasteiger partial charge is 0.396 e. The lowest BCUT2D eigenvalue weighted by Crippen LogP contribution is -2.38. The fourth-order valence-electron chi connectivity index (χ4n) is 2.54. The van der Waals surface area contributed by atoms with Gasteiger partial charge in [-0.05, 0) is 50.1 Å². The van der Waals surface area contributed by atoms with Gasteiger partial charge in [0.15, 0.2) is 0 Å². The highest BCUT2D eigenvalue weighted by molar-refractivity contribution is 6.30. The van der Waals surface area contributed by atoms with Crippen molar-refractivity contribution in [2.45, 2.75) is 25.8 Å². The number of hydrogen-bond acceptors (Lipinski definition) is 3. The molecule has 0 aliphatic carbocycles. The molecule has 0 bridgehead atoms. The summed E-state index contributed by atoms with van der Waals surface area (Å²) in [6.45, 7) is 5.36. The van der Waals surface area contributed by atoms with Gasteiger partial charge in [-0.25, -0.2) is 0 Å². The van der Waals surface area contributed by atoms with E-state index in [-0.39, 0.29) is 6.61 Å². The van der Waals surface area contributed by atoms with Gasteiger partial charge in [0.1, 0.15) is 0 Å². The zero-order valence-electron chi connectivity index (χ0n) is 10.8. The zero-order chi connectivity index (χ0) is 13.0. The average Bonchev–Trinajstić information content (AvgIpc) is 2.55. The highest BCUT2D eigenvalue weighted by Crippen LogP contribution is 2.24. The molecule has 1 heterocycles. The zero-order valence-corrected chi connectivity index (χ0v) is 11.6. The predicted octanol–water partition coefficient (Wildman–Crippen LogP) is 2.20. The second-order valence-electron chi connectivity index (χ2n) is 4.89. The second-order valence-corrected chi connectivity index (χ2v) is 5.33. The predicted molar refractivity (Wildman–Crippen MR) is 76.5 cm³/mol. The molecule has 1 fully saturated rings. The molecule has 1 unspecified atom stereocenters. The molecular formula is C14H21ClN2O. The summed E-state index contributed by atoms with van der Waals surface area (Å²) in [4.78, 5) is 2.39. The van der Waals surface area contributed by atoms with Crippen molar-refractivity contribution < 1.29 is 5.11 Å². The summed E-state index contributed by atoms with van der Waals surface area (Å²) in [7, 11) is 0. The van der Waals surface area contributed by atoms with E-state index >= 15 is 0 Å². The van der Waals surface area contributed by atoms with Crippen molar-refractivity contribution in [3.63, 3.8) is 0 Å². The van der Waals surface area contributed by atoms with Crippen LogP contribution in [0.1, 0.15) is 18.4 Å². The third kappa shape index (κ3) is 3.37. The quantitative estimate of drug-likeness (QED) is 0.882. The van der Waals surface area contributed by atoms with Gasteiger partial charge in [-0.15, -0.1) is 0 Å². The van der Waals surface area contributed by atoms with Crippen molar-refractivity contribution in [3.8, 4) is 0 Å². The standard InChI is InChI=1S/C14H21ClN2O/c1-11-9-12(15)3-4-14(11)17-7-2-6-16-13(10-17)5-8-18/h3-4,9,13,16,18H,2,5-8,10H2,1H3. The lowest BCUT2D eigenvalue weighted by molar-refractivity contribution is 0.267. The first-order valence-corrected chi connectivity index (χ1v) is 6.94. The summed E-state index contributed by atoms with van der Waals surface area (Å²) in [5, 5.41) is 13.4. The van der Waals surface area contributed by atoms with Crippen LogP contribution in [0.5, 0.6) is 0 Å². The Hall–Kier alpha value is -0.770. The first-order chi connectivity index (χ1) is 8.70. The molecule has 0 saturated carbocycles. The minimum Gasteiger partial charge on any atom is -0.396 e. The Bertz CT molecular complexity index is 397. The molecule has 1 saturated heterocycles. The summed E-state index contributed by atoms with van der Waals surface area (Å²) in [6, 6.07) is 6.42. The normalized spacial score (nSPS) is 20.8. The van der Waals surface area contributed by atoms with Crippen molar-refractivity contribution in [1.82, 2.24) is 5.32 Å². The summed E-state index contributed by atoms with van der Waals surface area (Å²) in [5.41, 5.74) is 2.47. The molecule has 0 spiro atoms. The van der Waals surface area contributed by atoms with Gasteiger partial charge in [0.25, 0.3) is 0 Å². The van der Waals surface area contributed by atoms with Gasteiger partial charge in [-0.1, -0.05) is 11.6 Å². The molecular weight excluding hydrogens is 248 g/mol. The van der Waals surface area contributed by atoms with Crippen LogP contribution in [0.25, 0.3) is 0 Å². The topological polar surface area (TPSA) is 35.5 Å². The number of rotatable bonds is 3. The number of hydrogen-bond donors (Lipinski definition) is 2. The van der Waals surface area contributed by atoms with Crippen molar-refractivity contribution in [2.75, 3.05) is 31.1 Å². The summed E-state index contributed by atoms with van der Waals surface area (Å²) >= 11 is 6.00. The number of nitrogens with zero attached hydrogens (tertiary/aromatic N) is 1. The maximum Gasteiger partial charge on any atom is 0.0446 e. The molecule has 0 radical (unpaired) electrons. The lowest BCUT2D eigenvalue weighted by atomic mass is 10.1. The smallest absolute Gasteiger partial charge is 0.0446 e. The van der Waals surface area contributed by atoms with Crippen LogP contribution in [0, 0.1) is 6.92 Å². The van der Waals surface area contributed by atoms with E-state index in [1.807, 2.05) is 12.1 Å². The molecule has 4 heteroatoms. The van der Waals surface area contributed by atoms with Gasteiger partial charge in [0.2, 0.25) is 0 Å². The number of aliphatic hydroxyl groups excluding tert-OH is 1. The fraction of sp³-hybridized carbons (Fsp3) is 0.571. The molecule has 1 aliphatic heterocycles. The van der Waals surface area contributed by atoms with E-state index in [1.165, 1.54) is 11.3 Å². The Balaban J connectivity index is 2.14. The number of aliphatic hydroxyl groups is 1. The maximum atomic E-state index is 9.08. The van der Waals surface area contributed by atoms with Crippen LogP contribution >= 0.6 is 11.6 Å². The van der Waals surface area contributed by atoms with Crippen LogP contribution in [0.3, 0.4) is 0 Å². The van der Waals surface area contributed by atoms with Crippen LogP contribution in [-0.2, 0) is 0 Å². The third-order valence-electron chi connectivity index (χ3n) is 3.46. The third-order valence-corrected chi connectivity index (χ3v) is 3.69. The van der Waals surface area contributed by atoms with E-state index in [4.69, 9.17) is 16.7 Å². The number of anilines is 1. The summed E-state index contributed by atoms with van der Waals surface area (Å²) < 4.78 is 0. The molecule has 18 heavy (non-hydrogen) atoms. The van der Waals surface area contributed by atoms with E-state index in [1.54, 1.807) is 0 Å². The minimum absolute atomic E-state index is 0.241. The van der Waals surface area contributed by atoms with E-state index in [0.717, 1.165) is 37.5 Å². The Morgan fingerprint density at radius 1 is 1.50 bits per heavy atom. The SMILES string of the molecule is Cc1cc(Cl)ccc1N1CCCNC(CCO)C1. The highest BCUT2D eigenvalue weighted by Gasteiger charge is 2.18. The minimum atomic E-state index is 0.241. The highest BCUT2D eigenvalue weighted by atomic mass is 35.5. The van der Waals surface area contributed by atoms with Crippen LogP contribution in [-0.4, -0.2) is 37.4 Å². The first-order valence-electron chi connectivity index (χ1n) is 6.56. The Morgan fingerprint density at radius 2 is 2.33 bits per heavy atom. The monoisotopic (exact) mass is 268 g/mol. The molecule has 2 rings (SSSR count). The van der Waals surface area contributed by atoms with Crippen LogP contribution in [0.15, 0.2) is 18.2 Å². The molecule has 1 aromatic carbocycles. The van der Waals surface area contributed by atoms with Gasteiger partial charge in [-0.3, -0.25) is 0 Å². The summed E-state index contributed by atoms with van der Waals surface area (Å²) in [5.74, 6) is 0. The van der Waals surface area contributed by atoms with E-state index in [9.17, 15) is 0 Å². The fourth-order valence-corrected chi connectivity index (χ4v) is 2.77. The van der Waals surface area contributed by atoms with E-state index in [2.05, 4.69) is 23.2 Å². The Morgan fingerprint density at radius 3 is 3.06 bits per heavy atom. The molecule has 0 aromatic heterocycles. The van der Waals surface area contributed by atoms with E-state index < -0.39 is 0 Å². The second kappa shape index (κ2) is 6.41. The van der Waals surface area contributed by atoms with Crippen molar-refractivity contribution in [2.24, 2.45) is 0 Å². The number of aryl methyl sites for hydroxylation is 1. The van der Waals surface area contributed by atoms with Gasteiger partial charge in [0.05, 0.1) is 0 Å². The molecule has 100 valence electrons. The van der Waals surface area contributed by atoms with Crippen LogP contribution < -0.4 is 10.2 Å². The molecule has 2 N–H and O–H groups in total. The molecule has 1 aromatic rings.